The zero-order valence-corrected chi connectivity index (χ0v) is 13.6. The van der Waals surface area contributed by atoms with Gasteiger partial charge in [0.2, 0.25) is 0 Å². The zero-order valence-electron chi connectivity index (χ0n) is 10.4. The summed E-state index contributed by atoms with van der Waals surface area (Å²) in [7, 11) is 0. The average molecular weight is 343 g/mol. The Morgan fingerprint density at radius 2 is 1.75 bits per heavy atom. The molecular formula is C14H12Cl2N2S2. The van der Waals surface area contributed by atoms with E-state index >= 15 is 0 Å². The van der Waals surface area contributed by atoms with Gasteiger partial charge >= 0.3 is 0 Å². The summed E-state index contributed by atoms with van der Waals surface area (Å²) in [6.07, 6.45) is 0. The quantitative estimate of drug-likeness (QED) is 0.553. The van der Waals surface area contributed by atoms with Crippen LogP contribution in [0.15, 0.2) is 47.4 Å². The predicted molar refractivity (Wildman–Crippen MR) is 93.2 cm³/mol. The van der Waals surface area contributed by atoms with Gasteiger partial charge in [-0.25, -0.2) is 0 Å². The van der Waals surface area contributed by atoms with E-state index in [9.17, 15) is 0 Å². The van der Waals surface area contributed by atoms with E-state index < -0.39 is 0 Å². The molecule has 104 valence electrons. The maximum absolute atomic E-state index is 5.97. The summed E-state index contributed by atoms with van der Waals surface area (Å²) in [6.45, 7) is 0.649. The molecule has 0 heterocycles. The van der Waals surface area contributed by atoms with Crippen LogP contribution >= 0.6 is 48.0 Å². The fraction of sp³-hybridized carbons (Fsp3) is 0.0714. The summed E-state index contributed by atoms with van der Waals surface area (Å²) >= 11 is 21.5. The molecule has 0 fully saturated rings. The normalized spacial score (nSPS) is 10.2. The molecule has 0 aliphatic rings. The summed E-state index contributed by atoms with van der Waals surface area (Å²) in [5, 5.41) is 7.59. The fourth-order valence-corrected chi connectivity index (χ4v) is 2.42. The SMILES string of the molecule is S=C(NCc1ccccc1)Nc1cc(Cl)c(Cl)cc1S. The number of hydrogen-bond donors (Lipinski definition) is 3. The molecule has 2 rings (SSSR count). The summed E-state index contributed by atoms with van der Waals surface area (Å²) in [4.78, 5) is 0.684. The molecule has 0 spiro atoms. The van der Waals surface area contributed by atoms with Crippen molar-refractivity contribution in [2.45, 2.75) is 11.4 Å². The second kappa shape index (κ2) is 7.18. The van der Waals surface area contributed by atoms with Crippen molar-refractivity contribution < 1.29 is 0 Å². The Kier molecular flexibility index (Phi) is 5.54. The van der Waals surface area contributed by atoms with Gasteiger partial charge in [0, 0.05) is 11.4 Å². The smallest absolute Gasteiger partial charge is 0.171 e. The van der Waals surface area contributed by atoms with Gasteiger partial charge in [-0.1, -0.05) is 53.5 Å². The average Bonchev–Trinajstić information content (AvgIpc) is 2.44. The van der Waals surface area contributed by atoms with Crippen molar-refractivity contribution in [1.82, 2.24) is 5.32 Å². The third-order valence-corrected chi connectivity index (χ3v) is 3.92. The number of nitrogens with one attached hydrogen (secondary N) is 2. The van der Waals surface area contributed by atoms with E-state index in [4.69, 9.17) is 35.4 Å². The summed E-state index contributed by atoms with van der Waals surface area (Å²) in [5.74, 6) is 0. The van der Waals surface area contributed by atoms with E-state index in [0.717, 1.165) is 5.56 Å². The number of hydrogen-bond acceptors (Lipinski definition) is 2. The number of thiocarbonyl (C=S) groups is 1. The molecule has 0 aromatic heterocycles. The molecule has 0 radical (unpaired) electrons. The first-order valence-electron chi connectivity index (χ1n) is 5.83. The number of halogens is 2. The van der Waals surface area contributed by atoms with Crippen LogP contribution in [0.25, 0.3) is 0 Å². The molecule has 0 aliphatic heterocycles. The number of rotatable bonds is 3. The van der Waals surface area contributed by atoms with Crippen molar-refractivity contribution in [2.75, 3.05) is 5.32 Å². The van der Waals surface area contributed by atoms with Crippen LogP contribution in [-0.4, -0.2) is 5.11 Å². The molecule has 20 heavy (non-hydrogen) atoms. The maximum Gasteiger partial charge on any atom is 0.171 e. The highest BCUT2D eigenvalue weighted by Gasteiger charge is 2.06. The van der Waals surface area contributed by atoms with Gasteiger partial charge in [0.25, 0.3) is 0 Å². The molecule has 2 aromatic carbocycles. The highest BCUT2D eigenvalue weighted by Crippen LogP contribution is 2.31. The van der Waals surface area contributed by atoms with Gasteiger partial charge in [-0.2, -0.15) is 0 Å². The molecule has 0 unspecified atom stereocenters. The molecule has 2 N–H and O–H groups in total. The van der Waals surface area contributed by atoms with Crippen molar-refractivity contribution in [3.8, 4) is 0 Å². The second-order valence-electron chi connectivity index (χ2n) is 4.08. The van der Waals surface area contributed by atoms with Crippen LogP contribution in [0.4, 0.5) is 5.69 Å². The Bertz CT molecular complexity index is 618. The highest BCUT2D eigenvalue weighted by atomic mass is 35.5. The van der Waals surface area contributed by atoms with E-state index in [0.29, 0.717) is 32.3 Å². The highest BCUT2D eigenvalue weighted by molar-refractivity contribution is 7.81. The molecule has 0 atom stereocenters. The monoisotopic (exact) mass is 342 g/mol. The molecule has 0 saturated heterocycles. The predicted octanol–water partition coefficient (Wildman–Crippen LogP) is 4.77. The lowest BCUT2D eigenvalue weighted by atomic mass is 10.2. The minimum Gasteiger partial charge on any atom is -0.358 e. The lowest BCUT2D eigenvalue weighted by Gasteiger charge is -2.13. The van der Waals surface area contributed by atoms with Gasteiger partial charge in [-0.05, 0) is 29.9 Å². The van der Waals surface area contributed by atoms with Gasteiger partial charge in [0.05, 0.1) is 15.7 Å². The van der Waals surface area contributed by atoms with Crippen LogP contribution in [0, 0.1) is 0 Å². The molecule has 2 nitrogen and oxygen atoms in total. The van der Waals surface area contributed by atoms with E-state index in [1.165, 1.54) is 0 Å². The topological polar surface area (TPSA) is 24.1 Å². The molecule has 6 heteroatoms. The van der Waals surface area contributed by atoms with Crippen LogP contribution < -0.4 is 10.6 Å². The minimum absolute atomic E-state index is 0.456. The van der Waals surface area contributed by atoms with E-state index in [2.05, 4.69) is 23.3 Å². The van der Waals surface area contributed by atoms with Crippen molar-refractivity contribution in [3.05, 3.63) is 58.1 Å². The first kappa shape index (κ1) is 15.4. The Labute approximate surface area is 138 Å². The third-order valence-electron chi connectivity index (χ3n) is 2.58. The van der Waals surface area contributed by atoms with Gasteiger partial charge in [0.15, 0.2) is 5.11 Å². The summed E-state index contributed by atoms with van der Waals surface area (Å²) < 4.78 is 0. The van der Waals surface area contributed by atoms with Crippen LogP contribution in [0.1, 0.15) is 5.56 Å². The Morgan fingerprint density at radius 1 is 1.10 bits per heavy atom. The van der Waals surface area contributed by atoms with Crippen molar-refractivity contribution in [1.29, 1.82) is 0 Å². The summed E-state index contributed by atoms with van der Waals surface area (Å²) in [6, 6.07) is 13.4. The van der Waals surface area contributed by atoms with Gasteiger partial charge in [-0.3, -0.25) is 0 Å². The molecule has 0 bridgehead atoms. The fourth-order valence-electron chi connectivity index (χ4n) is 1.58. The standard InChI is InChI=1S/C14H12Cl2N2S2/c15-10-6-12(13(19)7-11(10)16)18-14(20)17-8-9-4-2-1-3-5-9/h1-7,19H,8H2,(H2,17,18,20). The molecule has 2 aromatic rings. The Hall–Kier alpha value is -0.940. The second-order valence-corrected chi connectivity index (χ2v) is 5.78. The number of anilines is 1. The van der Waals surface area contributed by atoms with E-state index in [1.54, 1.807) is 12.1 Å². The molecule has 0 saturated carbocycles. The van der Waals surface area contributed by atoms with Crippen LogP contribution in [-0.2, 0) is 6.54 Å². The van der Waals surface area contributed by atoms with Gasteiger partial charge in [-0.15, -0.1) is 12.6 Å². The van der Waals surface area contributed by atoms with Crippen LogP contribution in [0.3, 0.4) is 0 Å². The largest absolute Gasteiger partial charge is 0.358 e. The lowest BCUT2D eigenvalue weighted by molar-refractivity contribution is 0.925. The zero-order chi connectivity index (χ0) is 14.5. The summed E-state index contributed by atoms with van der Waals surface area (Å²) in [5.41, 5.74) is 1.87. The number of thiol groups is 1. The van der Waals surface area contributed by atoms with Crippen molar-refractivity contribution >= 4 is 58.8 Å². The first-order valence-corrected chi connectivity index (χ1v) is 7.44. The maximum atomic E-state index is 5.97. The lowest BCUT2D eigenvalue weighted by Crippen LogP contribution is -2.28. The Morgan fingerprint density at radius 3 is 2.45 bits per heavy atom. The van der Waals surface area contributed by atoms with E-state index in [1.807, 2.05) is 30.3 Å². The van der Waals surface area contributed by atoms with Gasteiger partial charge in [0.1, 0.15) is 0 Å². The number of benzene rings is 2. The van der Waals surface area contributed by atoms with E-state index in [-0.39, 0.29) is 0 Å². The van der Waals surface area contributed by atoms with Crippen LogP contribution in [0.5, 0.6) is 0 Å². The molecule has 0 aliphatic carbocycles. The van der Waals surface area contributed by atoms with Gasteiger partial charge < -0.3 is 10.6 Å². The van der Waals surface area contributed by atoms with Crippen molar-refractivity contribution in [2.24, 2.45) is 0 Å². The van der Waals surface area contributed by atoms with Crippen LogP contribution in [0.2, 0.25) is 10.0 Å². The van der Waals surface area contributed by atoms with Crippen molar-refractivity contribution in [3.63, 3.8) is 0 Å². The molecule has 0 amide bonds. The first-order chi connectivity index (χ1) is 9.56. The molecular weight excluding hydrogens is 331 g/mol. The minimum atomic E-state index is 0.456. The third kappa shape index (κ3) is 4.28. The Balaban J connectivity index is 1.97.